The highest BCUT2D eigenvalue weighted by molar-refractivity contribution is 7.99. The predicted molar refractivity (Wildman–Crippen MR) is 82.0 cm³/mol. The fourth-order valence-electron chi connectivity index (χ4n) is 3.88. The van der Waals surface area contributed by atoms with Crippen LogP contribution in [0.15, 0.2) is 24.5 Å². The molecule has 2 saturated carbocycles. The quantitative estimate of drug-likeness (QED) is 0.925. The number of aromatic nitrogens is 1. The third-order valence-corrected chi connectivity index (χ3v) is 6.45. The molecule has 1 saturated heterocycles. The molecule has 3 aliphatic rings. The maximum atomic E-state index is 12.9. The Morgan fingerprint density at radius 2 is 1.86 bits per heavy atom. The Bertz CT molecular complexity index is 599. The standard InChI is InChI=1S/C16H18N2O3S/c19-14(12-6-10-5-11(10)7-12)18-13(16(20)21)8-22-15(18)9-1-3-17-4-2-9/h1-4,10-13,15H,5-8H2,(H,20,21)/t10-,11+,12?,13?,15?. The van der Waals surface area contributed by atoms with Gasteiger partial charge in [0.2, 0.25) is 5.91 Å². The fourth-order valence-corrected chi connectivity index (χ4v) is 5.31. The van der Waals surface area contributed by atoms with E-state index in [1.165, 1.54) is 18.2 Å². The molecule has 4 rings (SSSR count). The molecule has 5 atom stereocenters. The van der Waals surface area contributed by atoms with Gasteiger partial charge in [0.05, 0.1) is 0 Å². The molecular weight excluding hydrogens is 300 g/mol. The van der Waals surface area contributed by atoms with Crippen LogP contribution in [-0.2, 0) is 9.59 Å². The lowest BCUT2D eigenvalue weighted by Crippen LogP contribution is -2.45. The molecule has 1 aliphatic heterocycles. The summed E-state index contributed by atoms with van der Waals surface area (Å²) >= 11 is 1.54. The van der Waals surface area contributed by atoms with Gasteiger partial charge < -0.3 is 10.0 Å². The highest BCUT2D eigenvalue weighted by Gasteiger charge is 2.52. The number of rotatable bonds is 3. The molecule has 1 aromatic rings. The number of nitrogens with zero attached hydrogens (tertiary/aromatic N) is 2. The molecule has 0 aromatic carbocycles. The minimum absolute atomic E-state index is 0.0219. The number of hydrogen-bond donors (Lipinski definition) is 1. The van der Waals surface area contributed by atoms with Gasteiger partial charge in [-0.2, -0.15) is 0 Å². The first-order valence-electron chi connectivity index (χ1n) is 7.71. The zero-order chi connectivity index (χ0) is 15.3. The average molecular weight is 318 g/mol. The van der Waals surface area contributed by atoms with E-state index in [2.05, 4.69) is 4.98 Å². The second-order valence-corrected chi connectivity index (χ2v) is 7.60. The Balaban J connectivity index is 1.61. The van der Waals surface area contributed by atoms with Crippen LogP contribution in [0.1, 0.15) is 30.2 Å². The van der Waals surface area contributed by atoms with Crippen molar-refractivity contribution in [2.75, 3.05) is 5.75 Å². The van der Waals surface area contributed by atoms with E-state index in [0.717, 1.165) is 18.4 Å². The zero-order valence-electron chi connectivity index (χ0n) is 12.1. The van der Waals surface area contributed by atoms with Crippen molar-refractivity contribution in [2.45, 2.75) is 30.7 Å². The first-order valence-corrected chi connectivity index (χ1v) is 8.76. The minimum atomic E-state index is -0.902. The molecular formula is C16H18N2O3S. The Morgan fingerprint density at radius 3 is 2.50 bits per heavy atom. The molecule has 1 amide bonds. The SMILES string of the molecule is O=C(O)C1CSC(c2ccncc2)N1C(=O)C1C[C@@H]2C[C@@H]2C1. The van der Waals surface area contributed by atoms with E-state index in [-0.39, 0.29) is 17.2 Å². The molecule has 0 spiro atoms. The molecule has 2 heterocycles. The Labute approximate surface area is 133 Å². The summed E-state index contributed by atoms with van der Waals surface area (Å²) in [5.74, 6) is 1.03. The highest BCUT2D eigenvalue weighted by Crippen LogP contribution is 2.55. The Hall–Kier alpha value is -1.56. The lowest BCUT2D eigenvalue weighted by Gasteiger charge is -2.30. The molecule has 0 radical (unpaired) electrons. The second kappa shape index (κ2) is 5.26. The van der Waals surface area contributed by atoms with E-state index >= 15 is 0 Å². The van der Waals surface area contributed by atoms with Crippen molar-refractivity contribution in [2.24, 2.45) is 17.8 Å². The largest absolute Gasteiger partial charge is 0.480 e. The van der Waals surface area contributed by atoms with Crippen molar-refractivity contribution in [3.05, 3.63) is 30.1 Å². The lowest BCUT2D eigenvalue weighted by molar-refractivity contribution is -0.151. The van der Waals surface area contributed by atoms with Crippen molar-refractivity contribution >= 4 is 23.6 Å². The van der Waals surface area contributed by atoms with Gasteiger partial charge in [-0.05, 0) is 48.8 Å². The fraction of sp³-hybridized carbons (Fsp3) is 0.562. The van der Waals surface area contributed by atoms with Gasteiger partial charge >= 0.3 is 5.97 Å². The lowest BCUT2D eigenvalue weighted by atomic mass is 10.0. The van der Waals surface area contributed by atoms with E-state index in [1.807, 2.05) is 12.1 Å². The molecule has 22 heavy (non-hydrogen) atoms. The molecule has 116 valence electrons. The predicted octanol–water partition coefficient (Wildman–Crippen LogP) is 2.15. The van der Waals surface area contributed by atoms with Gasteiger partial charge in [-0.3, -0.25) is 9.78 Å². The molecule has 1 aromatic heterocycles. The highest BCUT2D eigenvalue weighted by atomic mass is 32.2. The summed E-state index contributed by atoms with van der Waals surface area (Å²) in [6.45, 7) is 0. The summed E-state index contributed by atoms with van der Waals surface area (Å²) in [7, 11) is 0. The number of carboxylic acid groups (broad SMARTS) is 1. The van der Waals surface area contributed by atoms with E-state index in [4.69, 9.17) is 0 Å². The molecule has 3 fully saturated rings. The van der Waals surface area contributed by atoms with E-state index in [9.17, 15) is 14.7 Å². The number of thioether (sulfide) groups is 1. The van der Waals surface area contributed by atoms with Crippen LogP contribution in [0.5, 0.6) is 0 Å². The zero-order valence-corrected chi connectivity index (χ0v) is 12.9. The number of pyridine rings is 1. The van der Waals surface area contributed by atoms with Crippen molar-refractivity contribution in [1.29, 1.82) is 0 Å². The summed E-state index contributed by atoms with van der Waals surface area (Å²) in [5.41, 5.74) is 0.959. The molecule has 1 N–H and O–H groups in total. The van der Waals surface area contributed by atoms with Crippen LogP contribution in [0, 0.1) is 17.8 Å². The maximum Gasteiger partial charge on any atom is 0.327 e. The molecule has 2 aliphatic carbocycles. The number of fused-ring (bicyclic) bond motifs is 1. The molecule has 6 heteroatoms. The van der Waals surface area contributed by atoms with Crippen LogP contribution in [-0.4, -0.2) is 38.7 Å². The van der Waals surface area contributed by atoms with Crippen molar-refractivity contribution in [1.82, 2.24) is 9.88 Å². The number of amides is 1. The van der Waals surface area contributed by atoms with Gasteiger partial charge in [-0.1, -0.05) is 0 Å². The van der Waals surface area contributed by atoms with Crippen molar-refractivity contribution in [3.63, 3.8) is 0 Å². The molecule has 3 unspecified atom stereocenters. The van der Waals surface area contributed by atoms with Gasteiger partial charge in [0, 0.05) is 24.1 Å². The van der Waals surface area contributed by atoms with Crippen LogP contribution < -0.4 is 0 Å². The van der Waals surface area contributed by atoms with Crippen LogP contribution in [0.4, 0.5) is 0 Å². The first kappa shape index (κ1) is 14.1. The van der Waals surface area contributed by atoms with Gasteiger partial charge in [0.25, 0.3) is 0 Å². The van der Waals surface area contributed by atoms with Crippen molar-refractivity contribution < 1.29 is 14.7 Å². The monoisotopic (exact) mass is 318 g/mol. The van der Waals surface area contributed by atoms with Gasteiger partial charge in [-0.15, -0.1) is 11.8 Å². The third-order valence-electron chi connectivity index (χ3n) is 5.12. The minimum Gasteiger partial charge on any atom is -0.480 e. The summed E-state index contributed by atoms with van der Waals surface area (Å²) in [6, 6.07) is 3.02. The Kier molecular flexibility index (Phi) is 3.36. The second-order valence-electron chi connectivity index (χ2n) is 6.49. The summed E-state index contributed by atoms with van der Waals surface area (Å²) in [4.78, 5) is 30.1. The number of aliphatic carboxylic acids is 1. The maximum absolute atomic E-state index is 12.9. The Morgan fingerprint density at radius 1 is 1.18 bits per heavy atom. The number of carbonyl (C=O) groups excluding carboxylic acids is 1. The number of carbonyl (C=O) groups is 2. The number of hydrogen-bond acceptors (Lipinski definition) is 4. The van der Waals surface area contributed by atoms with E-state index < -0.39 is 12.0 Å². The normalized spacial score (nSPS) is 36.2. The van der Waals surface area contributed by atoms with Crippen LogP contribution in [0.25, 0.3) is 0 Å². The van der Waals surface area contributed by atoms with Crippen LogP contribution >= 0.6 is 11.8 Å². The van der Waals surface area contributed by atoms with E-state index in [0.29, 0.717) is 17.6 Å². The number of carboxylic acids is 1. The van der Waals surface area contributed by atoms with Gasteiger partial charge in [0.1, 0.15) is 11.4 Å². The summed E-state index contributed by atoms with van der Waals surface area (Å²) in [6.07, 6.45) is 6.53. The summed E-state index contributed by atoms with van der Waals surface area (Å²) in [5, 5.41) is 9.28. The van der Waals surface area contributed by atoms with Gasteiger partial charge in [-0.25, -0.2) is 4.79 Å². The van der Waals surface area contributed by atoms with E-state index in [1.54, 1.807) is 17.3 Å². The average Bonchev–Trinajstić information content (AvgIpc) is 2.97. The van der Waals surface area contributed by atoms with Crippen molar-refractivity contribution in [3.8, 4) is 0 Å². The van der Waals surface area contributed by atoms with Crippen LogP contribution in [0.3, 0.4) is 0 Å². The first-order chi connectivity index (χ1) is 10.6. The summed E-state index contributed by atoms with van der Waals surface area (Å²) < 4.78 is 0. The van der Waals surface area contributed by atoms with Crippen LogP contribution in [0.2, 0.25) is 0 Å². The smallest absolute Gasteiger partial charge is 0.327 e. The topological polar surface area (TPSA) is 70.5 Å². The molecule has 5 nitrogen and oxygen atoms in total. The third kappa shape index (κ3) is 2.29. The molecule has 0 bridgehead atoms. The van der Waals surface area contributed by atoms with Gasteiger partial charge in [0.15, 0.2) is 0 Å².